The number of rotatable bonds is 6. The molecule has 2 N–H and O–H groups in total. The zero-order valence-electron chi connectivity index (χ0n) is 16.6. The van der Waals surface area contributed by atoms with Gasteiger partial charge in [0.15, 0.2) is 0 Å². The van der Waals surface area contributed by atoms with Crippen LogP contribution in [0.2, 0.25) is 0 Å². The summed E-state index contributed by atoms with van der Waals surface area (Å²) in [5.41, 5.74) is 8.64. The van der Waals surface area contributed by atoms with E-state index in [2.05, 4.69) is 82.9 Å². The van der Waals surface area contributed by atoms with Gasteiger partial charge in [-0.15, -0.1) is 0 Å². The number of imidazole rings is 1. The number of aromatic amines is 1. The molecule has 0 aliphatic heterocycles. The van der Waals surface area contributed by atoms with E-state index < -0.39 is 0 Å². The second-order valence-corrected chi connectivity index (χ2v) is 7.74. The summed E-state index contributed by atoms with van der Waals surface area (Å²) in [6.07, 6.45) is 3.98. The highest BCUT2D eigenvalue weighted by molar-refractivity contribution is 5.86. The third kappa shape index (κ3) is 3.64. The van der Waals surface area contributed by atoms with Crippen LogP contribution >= 0.6 is 0 Å². The molecule has 0 saturated carbocycles. The summed E-state index contributed by atoms with van der Waals surface area (Å²) in [7, 11) is 0. The van der Waals surface area contributed by atoms with E-state index in [1.54, 1.807) is 6.33 Å². The standard InChI is InChI=1S/C25H25N3O/c1-17-23(10-11-24-25(17)28-16-27-24)18-6-8-22(9-7-18)29-13-12-26-21-14-19-4-2-3-5-20(19)15-21/h2-11,16,21,26H,12-15H2,1H3,(H,27,28). The van der Waals surface area contributed by atoms with Crippen LogP contribution in [-0.4, -0.2) is 29.2 Å². The molecular weight excluding hydrogens is 358 g/mol. The van der Waals surface area contributed by atoms with E-state index in [1.165, 1.54) is 27.8 Å². The predicted octanol–water partition coefficient (Wildman–Crippen LogP) is 4.67. The quantitative estimate of drug-likeness (QED) is 0.476. The van der Waals surface area contributed by atoms with Crippen LogP contribution in [0.4, 0.5) is 0 Å². The Labute approximate surface area is 171 Å². The number of H-pyrrole nitrogens is 1. The van der Waals surface area contributed by atoms with Gasteiger partial charge in [-0.25, -0.2) is 4.98 Å². The van der Waals surface area contributed by atoms with Crippen molar-refractivity contribution in [2.45, 2.75) is 25.8 Å². The first-order chi connectivity index (χ1) is 14.3. The van der Waals surface area contributed by atoms with Gasteiger partial charge in [0.2, 0.25) is 0 Å². The molecule has 3 aromatic carbocycles. The maximum atomic E-state index is 5.94. The first kappa shape index (κ1) is 18.0. The van der Waals surface area contributed by atoms with Gasteiger partial charge in [-0.1, -0.05) is 42.5 Å². The minimum absolute atomic E-state index is 0.526. The molecule has 4 nitrogen and oxygen atoms in total. The Hall–Kier alpha value is -3.11. The second-order valence-electron chi connectivity index (χ2n) is 7.74. The fourth-order valence-electron chi connectivity index (χ4n) is 4.33. The predicted molar refractivity (Wildman–Crippen MR) is 117 cm³/mol. The normalized spacial score (nSPS) is 13.7. The van der Waals surface area contributed by atoms with Crippen molar-refractivity contribution in [1.82, 2.24) is 15.3 Å². The van der Waals surface area contributed by atoms with E-state index in [4.69, 9.17) is 4.74 Å². The lowest BCUT2D eigenvalue weighted by Gasteiger charge is -2.13. The Morgan fingerprint density at radius 3 is 2.52 bits per heavy atom. The number of aryl methyl sites for hydroxylation is 1. The lowest BCUT2D eigenvalue weighted by atomic mass is 9.99. The van der Waals surface area contributed by atoms with Crippen LogP contribution in [0.5, 0.6) is 5.75 Å². The molecule has 1 aliphatic carbocycles. The Morgan fingerprint density at radius 2 is 1.76 bits per heavy atom. The van der Waals surface area contributed by atoms with Gasteiger partial charge in [0.25, 0.3) is 0 Å². The molecular formula is C25H25N3O. The summed E-state index contributed by atoms with van der Waals surface area (Å²) in [4.78, 5) is 7.60. The van der Waals surface area contributed by atoms with Crippen LogP contribution in [0.25, 0.3) is 22.2 Å². The first-order valence-corrected chi connectivity index (χ1v) is 10.2. The Morgan fingerprint density at radius 1 is 1.00 bits per heavy atom. The summed E-state index contributed by atoms with van der Waals surface area (Å²) in [5, 5.41) is 3.62. The smallest absolute Gasteiger partial charge is 0.119 e. The third-order valence-electron chi connectivity index (χ3n) is 5.86. The minimum Gasteiger partial charge on any atom is -0.492 e. The molecule has 0 bridgehead atoms. The summed E-state index contributed by atoms with van der Waals surface area (Å²) in [6, 6.07) is 21.8. The van der Waals surface area contributed by atoms with Crippen molar-refractivity contribution in [3.05, 3.63) is 83.7 Å². The molecule has 5 rings (SSSR count). The first-order valence-electron chi connectivity index (χ1n) is 10.2. The molecule has 0 fully saturated rings. The molecule has 0 amide bonds. The minimum atomic E-state index is 0.526. The lowest BCUT2D eigenvalue weighted by Crippen LogP contribution is -2.33. The van der Waals surface area contributed by atoms with Crippen molar-refractivity contribution >= 4 is 11.0 Å². The van der Waals surface area contributed by atoms with Crippen LogP contribution in [0.3, 0.4) is 0 Å². The van der Waals surface area contributed by atoms with Gasteiger partial charge < -0.3 is 15.0 Å². The number of nitrogens with zero attached hydrogens (tertiary/aromatic N) is 1. The maximum Gasteiger partial charge on any atom is 0.119 e. The average Bonchev–Trinajstić information content (AvgIpc) is 3.39. The SMILES string of the molecule is Cc1c(-c2ccc(OCCNC3Cc4ccccc4C3)cc2)ccc2[nH]cnc12. The van der Waals surface area contributed by atoms with E-state index in [0.29, 0.717) is 12.6 Å². The van der Waals surface area contributed by atoms with Crippen LogP contribution in [0.1, 0.15) is 16.7 Å². The van der Waals surface area contributed by atoms with Gasteiger partial charge in [-0.3, -0.25) is 0 Å². The summed E-state index contributed by atoms with van der Waals surface area (Å²) in [5.74, 6) is 0.906. The van der Waals surface area contributed by atoms with Crippen molar-refractivity contribution in [2.75, 3.05) is 13.2 Å². The van der Waals surface area contributed by atoms with Gasteiger partial charge in [0.1, 0.15) is 12.4 Å². The molecule has 0 radical (unpaired) electrons. The molecule has 1 aliphatic rings. The highest BCUT2D eigenvalue weighted by atomic mass is 16.5. The lowest BCUT2D eigenvalue weighted by molar-refractivity contribution is 0.306. The molecule has 146 valence electrons. The van der Waals surface area contributed by atoms with Crippen molar-refractivity contribution in [3.63, 3.8) is 0 Å². The van der Waals surface area contributed by atoms with Gasteiger partial charge >= 0.3 is 0 Å². The molecule has 4 aromatic rings. The van der Waals surface area contributed by atoms with E-state index in [0.717, 1.165) is 36.2 Å². The largest absolute Gasteiger partial charge is 0.492 e. The summed E-state index contributed by atoms with van der Waals surface area (Å²) >= 11 is 0. The van der Waals surface area contributed by atoms with Gasteiger partial charge in [-0.05, 0) is 65.8 Å². The van der Waals surface area contributed by atoms with Crippen LogP contribution in [-0.2, 0) is 12.8 Å². The Kier molecular flexibility index (Phi) is 4.78. The van der Waals surface area contributed by atoms with Crippen molar-refractivity contribution in [2.24, 2.45) is 0 Å². The van der Waals surface area contributed by atoms with Crippen molar-refractivity contribution < 1.29 is 4.74 Å². The van der Waals surface area contributed by atoms with Crippen LogP contribution < -0.4 is 10.1 Å². The molecule has 4 heteroatoms. The van der Waals surface area contributed by atoms with E-state index >= 15 is 0 Å². The molecule has 0 spiro atoms. The molecule has 0 atom stereocenters. The number of ether oxygens (including phenoxy) is 1. The van der Waals surface area contributed by atoms with E-state index in [-0.39, 0.29) is 0 Å². The second kappa shape index (κ2) is 7.72. The number of hydrogen-bond donors (Lipinski definition) is 2. The van der Waals surface area contributed by atoms with Gasteiger partial charge in [0.05, 0.1) is 17.4 Å². The fourth-order valence-corrected chi connectivity index (χ4v) is 4.33. The zero-order valence-corrected chi connectivity index (χ0v) is 16.6. The van der Waals surface area contributed by atoms with Crippen molar-refractivity contribution in [1.29, 1.82) is 0 Å². The van der Waals surface area contributed by atoms with E-state index in [9.17, 15) is 0 Å². The fraction of sp³-hybridized carbons (Fsp3) is 0.240. The third-order valence-corrected chi connectivity index (χ3v) is 5.86. The Balaban J connectivity index is 1.16. The highest BCUT2D eigenvalue weighted by Crippen LogP contribution is 2.29. The number of benzene rings is 3. The molecule has 29 heavy (non-hydrogen) atoms. The molecule has 0 unspecified atom stereocenters. The van der Waals surface area contributed by atoms with Crippen molar-refractivity contribution in [3.8, 4) is 16.9 Å². The van der Waals surface area contributed by atoms with Gasteiger partial charge in [-0.2, -0.15) is 0 Å². The number of nitrogens with one attached hydrogen (secondary N) is 2. The highest BCUT2D eigenvalue weighted by Gasteiger charge is 2.19. The average molecular weight is 383 g/mol. The van der Waals surface area contributed by atoms with Gasteiger partial charge in [0, 0.05) is 12.6 Å². The summed E-state index contributed by atoms with van der Waals surface area (Å²) < 4.78 is 5.94. The summed E-state index contributed by atoms with van der Waals surface area (Å²) in [6.45, 7) is 3.65. The number of hydrogen-bond acceptors (Lipinski definition) is 3. The topological polar surface area (TPSA) is 49.9 Å². The van der Waals surface area contributed by atoms with E-state index in [1.807, 2.05) is 0 Å². The molecule has 1 heterocycles. The maximum absolute atomic E-state index is 5.94. The monoisotopic (exact) mass is 383 g/mol. The number of fused-ring (bicyclic) bond motifs is 2. The molecule has 0 saturated heterocycles. The van der Waals surface area contributed by atoms with Crippen LogP contribution in [0.15, 0.2) is 67.0 Å². The zero-order chi connectivity index (χ0) is 19.6. The molecule has 1 aromatic heterocycles. The van der Waals surface area contributed by atoms with Crippen LogP contribution in [0, 0.1) is 6.92 Å². The Bertz CT molecular complexity index is 1110. The number of aromatic nitrogens is 2.